The first-order valence-corrected chi connectivity index (χ1v) is 5.75. The number of benzene rings is 2. The van der Waals surface area contributed by atoms with Crippen molar-refractivity contribution in [3.63, 3.8) is 0 Å². The Kier molecular flexibility index (Phi) is 4.13. The van der Waals surface area contributed by atoms with Gasteiger partial charge in [0.25, 0.3) is 0 Å². The van der Waals surface area contributed by atoms with Crippen molar-refractivity contribution in [1.82, 2.24) is 0 Å². The maximum Gasteiger partial charge on any atom is 0.203 e. The van der Waals surface area contributed by atoms with Crippen LogP contribution >= 0.6 is 0 Å². The Labute approximate surface area is 110 Å². The summed E-state index contributed by atoms with van der Waals surface area (Å²) >= 11 is 0. The van der Waals surface area contributed by atoms with Gasteiger partial charge in [-0.25, -0.2) is 4.39 Å². The van der Waals surface area contributed by atoms with Gasteiger partial charge in [0.2, 0.25) is 5.78 Å². The lowest BCUT2D eigenvalue weighted by Crippen LogP contribution is -2.12. The molecule has 0 amide bonds. The second-order valence-corrected chi connectivity index (χ2v) is 3.87. The van der Waals surface area contributed by atoms with Gasteiger partial charge in [-0.1, -0.05) is 12.1 Å². The second kappa shape index (κ2) is 6.00. The number of methoxy groups -OCH3 is 1. The first-order valence-electron chi connectivity index (χ1n) is 5.75. The number of ether oxygens (including phenoxy) is 2. The number of carbonyl (C=O) groups excluding carboxylic acids is 1. The molecule has 0 aromatic heterocycles. The summed E-state index contributed by atoms with van der Waals surface area (Å²) in [7, 11) is 1.51. The number of hydrogen-bond donors (Lipinski definition) is 0. The summed E-state index contributed by atoms with van der Waals surface area (Å²) in [5.41, 5.74) is 0.465. The van der Waals surface area contributed by atoms with Crippen LogP contribution in [0.3, 0.4) is 0 Å². The van der Waals surface area contributed by atoms with Crippen LogP contribution in [0.2, 0.25) is 0 Å². The second-order valence-electron chi connectivity index (χ2n) is 3.87. The van der Waals surface area contributed by atoms with E-state index in [1.54, 1.807) is 24.3 Å². The van der Waals surface area contributed by atoms with Gasteiger partial charge in [0.1, 0.15) is 17.3 Å². The van der Waals surface area contributed by atoms with Crippen molar-refractivity contribution in [2.45, 2.75) is 0 Å². The Hall–Kier alpha value is -2.36. The molecule has 0 aliphatic rings. The molecular weight excluding hydrogens is 247 g/mol. The topological polar surface area (TPSA) is 35.5 Å². The first-order chi connectivity index (χ1) is 9.20. The summed E-state index contributed by atoms with van der Waals surface area (Å²) in [6.07, 6.45) is 0. The van der Waals surface area contributed by atoms with Crippen LogP contribution in [0, 0.1) is 5.82 Å². The molecule has 0 unspecified atom stereocenters. The lowest BCUT2D eigenvalue weighted by Gasteiger charge is -2.08. The van der Waals surface area contributed by atoms with E-state index in [1.165, 1.54) is 31.4 Å². The maximum absolute atomic E-state index is 12.7. The zero-order valence-corrected chi connectivity index (χ0v) is 10.4. The molecule has 19 heavy (non-hydrogen) atoms. The number of rotatable bonds is 5. The van der Waals surface area contributed by atoms with Crippen LogP contribution < -0.4 is 9.47 Å². The average molecular weight is 260 g/mol. The van der Waals surface area contributed by atoms with E-state index in [-0.39, 0.29) is 18.2 Å². The van der Waals surface area contributed by atoms with Crippen molar-refractivity contribution in [3.05, 3.63) is 59.9 Å². The molecule has 0 saturated heterocycles. The lowest BCUT2D eigenvalue weighted by atomic mass is 10.1. The van der Waals surface area contributed by atoms with E-state index in [4.69, 9.17) is 9.47 Å². The van der Waals surface area contributed by atoms with Gasteiger partial charge in [-0.05, 0) is 36.4 Å². The van der Waals surface area contributed by atoms with Crippen molar-refractivity contribution in [1.29, 1.82) is 0 Å². The van der Waals surface area contributed by atoms with Gasteiger partial charge < -0.3 is 9.47 Å². The van der Waals surface area contributed by atoms with E-state index < -0.39 is 0 Å². The Morgan fingerprint density at radius 3 is 2.47 bits per heavy atom. The lowest BCUT2D eigenvalue weighted by molar-refractivity contribution is 0.0918. The summed E-state index contributed by atoms with van der Waals surface area (Å²) < 4.78 is 23.1. The number of para-hydroxylation sites is 1. The molecule has 3 nitrogen and oxygen atoms in total. The number of halogens is 1. The third-order valence-corrected chi connectivity index (χ3v) is 2.59. The molecule has 0 bridgehead atoms. The summed E-state index contributed by atoms with van der Waals surface area (Å²) in [6.45, 7) is -0.119. The fourth-order valence-electron chi connectivity index (χ4n) is 1.63. The average Bonchev–Trinajstić information content (AvgIpc) is 2.46. The summed E-state index contributed by atoms with van der Waals surface area (Å²) in [4.78, 5) is 12.0. The van der Waals surface area contributed by atoms with Crippen LogP contribution in [0.15, 0.2) is 48.5 Å². The Balaban J connectivity index is 2.03. The molecule has 0 radical (unpaired) electrons. The quantitative estimate of drug-likeness (QED) is 0.775. The highest BCUT2D eigenvalue weighted by atomic mass is 19.1. The fraction of sp³-hybridized carbons (Fsp3) is 0.133. The van der Waals surface area contributed by atoms with Crippen molar-refractivity contribution < 1.29 is 18.7 Å². The largest absolute Gasteiger partial charge is 0.496 e. The predicted octanol–water partition coefficient (Wildman–Crippen LogP) is 3.10. The Morgan fingerprint density at radius 1 is 1.11 bits per heavy atom. The van der Waals surface area contributed by atoms with Crippen LogP contribution in [0.1, 0.15) is 10.4 Å². The molecule has 0 fully saturated rings. The number of carbonyl (C=O) groups is 1. The van der Waals surface area contributed by atoms with Gasteiger partial charge in [-0.2, -0.15) is 0 Å². The van der Waals surface area contributed by atoms with Gasteiger partial charge in [0.05, 0.1) is 12.7 Å². The highest BCUT2D eigenvalue weighted by Gasteiger charge is 2.12. The van der Waals surface area contributed by atoms with Crippen molar-refractivity contribution in [3.8, 4) is 11.5 Å². The minimum atomic E-state index is -0.344. The molecule has 2 rings (SSSR count). The van der Waals surface area contributed by atoms with Crippen molar-refractivity contribution in [2.75, 3.05) is 13.7 Å². The van der Waals surface area contributed by atoms with E-state index in [1.807, 2.05) is 0 Å². The molecule has 0 saturated carbocycles. The highest BCUT2D eigenvalue weighted by molar-refractivity contribution is 5.99. The highest BCUT2D eigenvalue weighted by Crippen LogP contribution is 2.18. The predicted molar refractivity (Wildman–Crippen MR) is 69.2 cm³/mol. The third-order valence-electron chi connectivity index (χ3n) is 2.59. The molecule has 0 heterocycles. The van der Waals surface area contributed by atoms with Gasteiger partial charge in [0.15, 0.2) is 6.61 Å². The monoisotopic (exact) mass is 260 g/mol. The molecule has 2 aromatic rings. The smallest absolute Gasteiger partial charge is 0.203 e. The van der Waals surface area contributed by atoms with Crippen molar-refractivity contribution in [2.24, 2.45) is 0 Å². The van der Waals surface area contributed by atoms with Gasteiger partial charge in [0, 0.05) is 0 Å². The third kappa shape index (κ3) is 3.31. The summed E-state index contributed by atoms with van der Waals surface area (Å²) in [5.74, 6) is 0.421. The van der Waals surface area contributed by atoms with E-state index in [0.717, 1.165) is 0 Å². The summed E-state index contributed by atoms with van der Waals surface area (Å²) in [5, 5.41) is 0. The SMILES string of the molecule is COc1ccccc1C(=O)COc1ccc(F)cc1. The number of ketones is 1. The Morgan fingerprint density at radius 2 is 1.79 bits per heavy atom. The van der Waals surface area contributed by atoms with Crippen LogP contribution in [-0.4, -0.2) is 19.5 Å². The van der Waals surface area contributed by atoms with Crippen LogP contribution in [0.25, 0.3) is 0 Å². The fourth-order valence-corrected chi connectivity index (χ4v) is 1.63. The van der Waals surface area contributed by atoms with Gasteiger partial charge in [-0.3, -0.25) is 4.79 Å². The standard InChI is InChI=1S/C15H13FO3/c1-18-15-5-3-2-4-13(15)14(17)10-19-12-8-6-11(16)7-9-12/h2-9H,10H2,1H3. The molecule has 0 N–H and O–H groups in total. The van der Waals surface area contributed by atoms with E-state index in [9.17, 15) is 9.18 Å². The van der Waals surface area contributed by atoms with Crippen LogP contribution in [0.5, 0.6) is 11.5 Å². The molecule has 2 aromatic carbocycles. The summed E-state index contributed by atoms with van der Waals surface area (Å²) in [6, 6.07) is 12.5. The van der Waals surface area contributed by atoms with Gasteiger partial charge >= 0.3 is 0 Å². The maximum atomic E-state index is 12.7. The van der Waals surface area contributed by atoms with Crippen LogP contribution in [0.4, 0.5) is 4.39 Å². The molecule has 4 heteroatoms. The number of Topliss-reactive ketones (excluding diaryl/α,β-unsaturated/α-hetero) is 1. The molecule has 0 spiro atoms. The van der Waals surface area contributed by atoms with E-state index >= 15 is 0 Å². The Bertz CT molecular complexity index is 564. The molecule has 0 aliphatic heterocycles. The zero-order chi connectivity index (χ0) is 13.7. The normalized spacial score (nSPS) is 10.0. The number of hydrogen-bond acceptors (Lipinski definition) is 3. The molecule has 0 atom stereocenters. The minimum absolute atomic E-state index is 0.119. The zero-order valence-electron chi connectivity index (χ0n) is 10.4. The van der Waals surface area contributed by atoms with Crippen molar-refractivity contribution >= 4 is 5.78 Å². The van der Waals surface area contributed by atoms with E-state index in [0.29, 0.717) is 17.1 Å². The first kappa shape index (κ1) is 13.1. The van der Waals surface area contributed by atoms with Gasteiger partial charge in [-0.15, -0.1) is 0 Å². The van der Waals surface area contributed by atoms with Crippen LogP contribution in [-0.2, 0) is 0 Å². The van der Waals surface area contributed by atoms with E-state index in [2.05, 4.69) is 0 Å². The molecule has 0 aliphatic carbocycles. The minimum Gasteiger partial charge on any atom is -0.496 e. The molecular formula is C15H13FO3. The molecule has 98 valence electrons.